The Kier molecular flexibility index (Phi) is 2.59. The average molecular weight is 243 g/mol. The number of benzene rings is 1. The van der Waals surface area contributed by atoms with Crippen LogP contribution in [-0.2, 0) is 13.0 Å². The third-order valence-corrected chi connectivity index (χ3v) is 3.50. The van der Waals surface area contributed by atoms with E-state index in [1.165, 1.54) is 16.6 Å². The predicted molar refractivity (Wildman–Crippen MR) is 71.7 cm³/mol. The first-order valence-electron chi connectivity index (χ1n) is 6.22. The molecule has 0 atom stereocenters. The molecular weight excluding hydrogens is 226 g/mol. The van der Waals surface area contributed by atoms with E-state index in [-0.39, 0.29) is 5.91 Å². The van der Waals surface area contributed by atoms with E-state index in [9.17, 15) is 4.79 Å². The van der Waals surface area contributed by atoms with Gasteiger partial charge in [-0.1, -0.05) is 0 Å². The van der Waals surface area contributed by atoms with Crippen molar-refractivity contribution in [1.82, 2.24) is 15.2 Å². The summed E-state index contributed by atoms with van der Waals surface area (Å²) in [6.07, 6.45) is 1.03. The number of carbonyl (C=O) groups excluding carboxylic acids is 1. The van der Waals surface area contributed by atoms with Crippen LogP contribution in [0.25, 0.3) is 10.9 Å². The molecule has 0 fully saturated rings. The number of rotatable bonds is 1. The van der Waals surface area contributed by atoms with Crippen molar-refractivity contribution in [3.8, 4) is 0 Å². The minimum Gasteiger partial charge on any atom is -0.358 e. The van der Waals surface area contributed by atoms with Crippen LogP contribution < -0.4 is 5.32 Å². The second-order valence-corrected chi connectivity index (χ2v) is 4.97. The first kappa shape index (κ1) is 11.3. The van der Waals surface area contributed by atoms with E-state index in [0.29, 0.717) is 0 Å². The highest BCUT2D eigenvalue weighted by Gasteiger charge is 2.16. The zero-order valence-electron chi connectivity index (χ0n) is 10.7. The van der Waals surface area contributed by atoms with E-state index in [4.69, 9.17) is 0 Å². The molecule has 1 aliphatic rings. The van der Waals surface area contributed by atoms with Crippen molar-refractivity contribution in [2.24, 2.45) is 0 Å². The van der Waals surface area contributed by atoms with Crippen molar-refractivity contribution in [3.05, 3.63) is 35.0 Å². The Hall–Kier alpha value is -1.81. The fourth-order valence-corrected chi connectivity index (χ4v) is 2.54. The third-order valence-electron chi connectivity index (χ3n) is 3.50. The van der Waals surface area contributed by atoms with Crippen molar-refractivity contribution >= 4 is 16.8 Å². The van der Waals surface area contributed by atoms with Crippen LogP contribution in [0.5, 0.6) is 0 Å². The molecule has 2 heterocycles. The Bertz CT molecular complexity index is 613. The van der Waals surface area contributed by atoms with Gasteiger partial charge in [0.1, 0.15) is 0 Å². The molecule has 1 aromatic carbocycles. The van der Waals surface area contributed by atoms with Crippen LogP contribution in [0.2, 0.25) is 0 Å². The minimum absolute atomic E-state index is 0.0515. The lowest BCUT2D eigenvalue weighted by molar-refractivity contribution is 0.0828. The third kappa shape index (κ3) is 1.69. The van der Waals surface area contributed by atoms with Gasteiger partial charge < -0.3 is 15.2 Å². The minimum atomic E-state index is 0.0515. The molecule has 3 rings (SSSR count). The lowest BCUT2D eigenvalue weighted by Gasteiger charge is -2.13. The zero-order chi connectivity index (χ0) is 12.7. The molecule has 4 heteroatoms. The molecule has 94 valence electrons. The van der Waals surface area contributed by atoms with Crippen LogP contribution in [0.1, 0.15) is 21.6 Å². The van der Waals surface area contributed by atoms with Crippen molar-refractivity contribution in [1.29, 1.82) is 0 Å². The molecular formula is C14H17N3O. The van der Waals surface area contributed by atoms with Crippen molar-refractivity contribution in [2.75, 3.05) is 20.6 Å². The van der Waals surface area contributed by atoms with Gasteiger partial charge in [-0.05, 0) is 23.8 Å². The Morgan fingerprint density at radius 1 is 1.33 bits per heavy atom. The first-order valence-corrected chi connectivity index (χ1v) is 6.22. The molecule has 2 N–H and O–H groups in total. The van der Waals surface area contributed by atoms with E-state index >= 15 is 0 Å². The summed E-state index contributed by atoms with van der Waals surface area (Å²) in [6, 6.07) is 5.89. The SMILES string of the molecule is CN(C)C(=O)c1ccc2[nH]c3c(c2c1)CNCC3. The Balaban J connectivity index is 2.13. The standard InChI is InChI=1S/C14H17N3O/c1-17(2)14(18)9-3-4-12-10(7-9)11-8-15-6-5-13(11)16-12/h3-4,7,15-16H,5-6,8H2,1-2H3. The Labute approximate surface area is 106 Å². The molecule has 2 aromatic rings. The number of fused-ring (bicyclic) bond motifs is 3. The normalized spacial score (nSPS) is 14.6. The Morgan fingerprint density at radius 2 is 2.17 bits per heavy atom. The van der Waals surface area contributed by atoms with Crippen LogP contribution in [0.4, 0.5) is 0 Å². The fraction of sp³-hybridized carbons (Fsp3) is 0.357. The van der Waals surface area contributed by atoms with Gasteiger partial charge in [-0.2, -0.15) is 0 Å². The van der Waals surface area contributed by atoms with Gasteiger partial charge >= 0.3 is 0 Å². The number of nitrogens with zero attached hydrogens (tertiary/aromatic N) is 1. The summed E-state index contributed by atoms with van der Waals surface area (Å²) in [5, 5.41) is 4.55. The number of carbonyl (C=O) groups is 1. The summed E-state index contributed by atoms with van der Waals surface area (Å²) in [5.41, 5.74) is 4.49. The number of nitrogens with one attached hydrogen (secondary N) is 2. The molecule has 1 aromatic heterocycles. The van der Waals surface area contributed by atoms with E-state index in [1.807, 2.05) is 18.2 Å². The summed E-state index contributed by atoms with van der Waals surface area (Å²) >= 11 is 0. The van der Waals surface area contributed by atoms with Gasteiger partial charge in [-0.15, -0.1) is 0 Å². The number of hydrogen-bond donors (Lipinski definition) is 2. The summed E-state index contributed by atoms with van der Waals surface area (Å²) in [5.74, 6) is 0.0515. The summed E-state index contributed by atoms with van der Waals surface area (Å²) in [7, 11) is 3.56. The van der Waals surface area contributed by atoms with E-state index < -0.39 is 0 Å². The summed E-state index contributed by atoms with van der Waals surface area (Å²) in [4.78, 5) is 17.0. The highest BCUT2D eigenvalue weighted by atomic mass is 16.2. The maximum absolute atomic E-state index is 12.0. The number of amides is 1. The molecule has 0 unspecified atom stereocenters. The van der Waals surface area contributed by atoms with E-state index in [1.54, 1.807) is 19.0 Å². The first-order chi connectivity index (χ1) is 8.66. The van der Waals surface area contributed by atoms with E-state index in [0.717, 1.165) is 30.6 Å². The van der Waals surface area contributed by atoms with Crippen molar-refractivity contribution < 1.29 is 4.79 Å². The van der Waals surface area contributed by atoms with Gasteiger partial charge in [-0.25, -0.2) is 0 Å². The largest absolute Gasteiger partial charge is 0.358 e. The quantitative estimate of drug-likeness (QED) is 0.797. The second-order valence-electron chi connectivity index (χ2n) is 4.97. The zero-order valence-corrected chi connectivity index (χ0v) is 10.7. The Morgan fingerprint density at radius 3 is 2.94 bits per heavy atom. The van der Waals surface area contributed by atoms with Crippen LogP contribution in [0.3, 0.4) is 0 Å². The lowest BCUT2D eigenvalue weighted by atomic mass is 10.0. The molecule has 0 saturated carbocycles. The fourth-order valence-electron chi connectivity index (χ4n) is 2.54. The van der Waals surface area contributed by atoms with Gasteiger partial charge in [0, 0.05) is 55.8 Å². The van der Waals surface area contributed by atoms with Gasteiger partial charge in [-0.3, -0.25) is 4.79 Å². The predicted octanol–water partition coefficient (Wildman–Crippen LogP) is 1.52. The second kappa shape index (κ2) is 4.14. The highest BCUT2D eigenvalue weighted by molar-refractivity contribution is 5.98. The molecule has 0 saturated heterocycles. The maximum atomic E-state index is 12.0. The lowest BCUT2D eigenvalue weighted by Crippen LogP contribution is -2.23. The molecule has 1 amide bonds. The molecule has 0 spiro atoms. The monoisotopic (exact) mass is 243 g/mol. The van der Waals surface area contributed by atoms with Crippen molar-refractivity contribution in [2.45, 2.75) is 13.0 Å². The maximum Gasteiger partial charge on any atom is 0.253 e. The van der Waals surface area contributed by atoms with Crippen LogP contribution >= 0.6 is 0 Å². The van der Waals surface area contributed by atoms with Gasteiger partial charge in [0.25, 0.3) is 5.91 Å². The van der Waals surface area contributed by atoms with Gasteiger partial charge in [0.05, 0.1) is 0 Å². The van der Waals surface area contributed by atoms with Crippen LogP contribution in [0.15, 0.2) is 18.2 Å². The van der Waals surface area contributed by atoms with Crippen LogP contribution in [-0.4, -0.2) is 36.4 Å². The molecule has 0 aliphatic carbocycles. The molecule has 1 aliphatic heterocycles. The molecule has 0 radical (unpaired) electrons. The van der Waals surface area contributed by atoms with Crippen molar-refractivity contribution in [3.63, 3.8) is 0 Å². The average Bonchev–Trinajstić information content (AvgIpc) is 2.75. The number of aromatic amines is 1. The summed E-state index contributed by atoms with van der Waals surface area (Å²) in [6.45, 7) is 1.90. The van der Waals surface area contributed by atoms with E-state index in [2.05, 4.69) is 10.3 Å². The highest BCUT2D eigenvalue weighted by Crippen LogP contribution is 2.26. The molecule has 0 bridgehead atoms. The van der Waals surface area contributed by atoms with Crippen LogP contribution in [0, 0.1) is 0 Å². The molecule has 18 heavy (non-hydrogen) atoms. The topological polar surface area (TPSA) is 48.1 Å². The van der Waals surface area contributed by atoms with Gasteiger partial charge in [0.2, 0.25) is 0 Å². The number of hydrogen-bond acceptors (Lipinski definition) is 2. The summed E-state index contributed by atoms with van der Waals surface area (Å²) < 4.78 is 0. The number of H-pyrrole nitrogens is 1. The smallest absolute Gasteiger partial charge is 0.253 e. The number of aromatic nitrogens is 1. The molecule has 4 nitrogen and oxygen atoms in total. The van der Waals surface area contributed by atoms with Gasteiger partial charge in [0.15, 0.2) is 0 Å².